The van der Waals surface area contributed by atoms with Crippen LogP contribution in [0.2, 0.25) is 5.02 Å². The average molecular weight is 422 g/mol. The molecule has 2 aromatic carbocycles. The first kappa shape index (κ1) is 19.2. The third-order valence-electron chi connectivity index (χ3n) is 6.44. The molecule has 0 spiro atoms. The Balaban J connectivity index is 1.65. The Hall–Kier alpha value is -2.79. The molecule has 30 heavy (non-hydrogen) atoms. The number of hydrogen-bond donors (Lipinski definition) is 1. The number of nitrogens with one attached hydrogen (secondary N) is 1. The molecule has 154 valence electrons. The number of carbonyl (C=O) groups is 2. The lowest BCUT2D eigenvalue weighted by molar-refractivity contribution is -0.127. The maximum Gasteiger partial charge on any atom is 0.275 e. The summed E-state index contributed by atoms with van der Waals surface area (Å²) in [6, 6.07) is 17.2. The number of carbonyl (C=O) groups excluding carboxylic acids is 2. The smallest absolute Gasteiger partial charge is 0.275 e. The summed E-state index contributed by atoms with van der Waals surface area (Å²) in [6.07, 6.45) is 4.24. The monoisotopic (exact) mass is 421 g/mol. The van der Waals surface area contributed by atoms with Crippen LogP contribution in [0.25, 0.3) is 10.9 Å². The minimum absolute atomic E-state index is 0.119. The van der Waals surface area contributed by atoms with Crippen LogP contribution in [0.5, 0.6) is 0 Å². The molecule has 0 unspecified atom stereocenters. The van der Waals surface area contributed by atoms with Gasteiger partial charge >= 0.3 is 0 Å². The van der Waals surface area contributed by atoms with Gasteiger partial charge in [0, 0.05) is 27.7 Å². The Morgan fingerprint density at radius 2 is 1.87 bits per heavy atom. The first-order valence-electron chi connectivity index (χ1n) is 10.5. The number of hydrogen-bond acceptors (Lipinski definition) is 2. The van der Waals surface area contributed by atoms with E-state index in [0.717, 1.165) is 36.6 Å². The number of para-hydroxylation sites is 1. The van der Waals surface area contributed by atoms with Crippen LogP contribution in [0.3, 0.4) is 0 Å². The van der Waals surface area contributed by atoms with Crippen molar-refractivity contribution in [1.82, 2.24) is 9.88 Å². The molecule has 1 N–H and O–H groups in total. The van der Waals surface area contributed by atoms with E-state index in [1.54, 1.807) is 17.0 Å². The maximum atomic E-state index is 13.7. The van der Waals surface area contributed by atoms with Crippen molar-refractivity contribution in [2.45, 2.75) is 50.7 Å². The normalized spacial score (nSPS) is 21.8. The zero-order chi connectivity index (χ0) is 20.9. The molecule has 1 fully saturated rings. The summed E-state index contributed by atoms with van der Waals surface area (Å²) in [5.74, 6) is -0.310. The quantitative estimate of drug-likeness (QED) is 0.662. The average Bonchev–Trinajstić information content (AvgIpc) is 3.36. The van der Waals surface area contributed by atoms with E-state index in [1.807, 2.05) is 54.0 Å². The first-order chi connectivity index (χ1) is 14.5. The highest BCUT2D eigenvalue weighted by atomic mass is 35.5. The SMILES string of the molecule is C[C@@]1(C(=O)NC2CCCC2)Cn2c(cc3ccccc32)C(=O)N1c1cccc(Cl)c1. The molecule has 2 aliphatic rings. The van der Waals surface area contributed by atoms with Crippen LogP contribution in [0.15, 0.2) is 54.6 Å². The fraction of sp³-hybridized carbons (Fsp3) is 0.333. The van der Waals surface area contributed by atoms with Gasteiger partial charge in [-0.3, -0.25) is 14.5 Å². The number of halogens is 1. The molecule has 1 atom stereocenters. The van der Waals surface area contributed by atoms with E-state index < -0.39 is 5.54 Å². The predicted octanol–water partition coefficient (Wildman–Crippen LogP) is 4.77. The Morgan fingerprint density at radius 1 is 1.10 bits per heavy atom. The van der Waals surface area contributed by atoms with Crippen molar-refractivity contribution >= 4 is 40.0 Å². The number of aromatic nitrogens is 1. The summed E-state index contributed by atoms with van der Waals surface area (Å²) in [5, 5.41) is 4.74. The Bertz CT molecular complexity index is 1150. The molecule has 5 nitrogen and oxygen atoms in total. The third kappa shape index (κ3) is 3.00. The van der Waals surface area contributed by atoms with E-state index in [-0.39, 0.29) is 17.9 Å². The molecule has 2 heterocycles. The van der Waals surface area contributed by atoms with Gasteiger partial charge in [-0.15, -0.1) is 0 Å². The van der Waals surface area contributed by atoms with Crippen molar-refractivity contribution in [2.75, 3.05) is 4.90 Å². The highest BCUT2D eigenvalue weighted by Crippen LogP contribution is 2.37. The summed E-state index contributed by atoms with van der Waals surface area (Å²) >= 11 is 6.24. The van der Waals surface area contributed by atoms with Crippen molar-refractivity contribution in [3.8, 4) is 0 Å². The van der Waals surface area contributed by atoms with Gasteiger partial charge in [0.2, 0.25) is 5.91 Å². The molecule has 0 radical (unpaired) electrons. The lowest BCUT2D eigenvalue weighted by Crippen LogP contribution is -2.65. The highest BCUT2D eigenvalue weighted by Gasteiger charge is 2.49. The summed E-state index contributed by atoms with van der Waals surface area (Å²) in [5.41, 5.74) is 1.11. The zero-order valence-electron chi connectivity index (χ0n) is 16.9. The predicted molar refractivity (Wildman–Crippen MR) is 119 cm³/mol. The number of anilines is 1. The van der Waals surface area contributed by atoms with Crippen LogP contribution >= 0.6 is 11.6 Å². The minimum Gasteiger partial charge on any atom is -0.351 e. The van der Waals surface area contributed by atoms with Gasteiger partial charge in [0.1, 0.15) is 11.2 Å². The number of benzene rings is 2. The van der Waals surface area contributed by atoms with E-state index in [4.69, 9.17) is 11.6 Å². The summed E-state index contributed by atoms with van der Waals surface area (Å²) in [7, 11) is 0. The molecule has 0 saturated heterocycles. The number of fused-ring (bicyclic) bond motifs is 3. The van der Waals surface area contributed by atoms with E-state index in [9.17, 15) is 9.59 Å². The second-order valence-electron chi connectivity index (χ2n) is 8.52. The second-order valence-corrected chi connectivity index (χ2v) is 8.96. The first-order valence-corrected chi connectivity index (χ1v) is 10.8. The van der Waals surface area contributed by atoms with Crippen LogP contribution < -0.4 is 10.2 Å². The Kier molecular flexibility index (Phi) is 4.58. The molecule has 1 saturated carbocycles. The molecule has 6 heteroatoms. The minimum atomic E-state index is -1.07. The van der Waals surface area contributed by atoms with Gasteiger partial charge in [-0.05, 0) is 50.1 Å². The Morgan fingerprint density at radius 3 is 2.63 bits per heavy atom. The number of nitrogens with zero attached hydrogens (tertiary/aromatic N) is 2. The zero-order valence-corrected chi connectivity index (χ0v) is 17.7. The van der Waals surface area contributed by atoms with Gasteiger partial charge in [0.15, 0.2) is 0 Å². The standard InChI is InChI=1S/C24H24ClN3O2/c1-24(23(30)26-18-9-3-4-10-18)15-27-20-12-5-2-7-16(20)13-21(27)22(29)28(24)19-11-6-8-17(25)14-19/h2,5-8,11-14,18H,3-4,9-10,15H2,1H3,(H,26,30)/t24-/m0/s1. The van der Waals surface area contributed by atoms with Crippen LogP contribution in [-0.4, -0.2) is 28.0 Å². The summed E-state index contributed by atoms with van der Waals surface area (Å²) in [4.78, 5) is 29.0. The van der Waals surface area contributed by atoms with Gasteiger partial charge in [-0.2, -0.15) is 0 Å². The summed E-state index contributed by atoms with van der Waals surface area (Å²) < 4.78 is 1.98. The third-order valence-corrected chi connectivity index (χ3v) is 6.67. The van der Waals surface area contributed by atoms with Crippen molar-refractivity contribution in [1.29, 1.82) is 0 Å². The molecular formula is C24H24ClN3O2. The van der Waals surface area contributed by atoms with Crippen molar-refractivity contribution in [3.05, 3.63) is 65.3 Å². The van der Waals surface area contributed by atoms with Crippen LogP contribution in [0, 0.1) is 0 Å². The lowest BCUT2D eigenvalue weighted by atomic mass is 9.93. The Labute approximate surface area is 180 Å². The van der Waals surface area contributed by atoms with Gasteiger partial charge in [0.25, 0.3) is 5.91 Å². The molecule has 1 aliphatic heterocycles. The van der Waals surface area contributed by atoms with E-state index in [1.165, 1.54) is 0 Å². The van der Waals surface area contributed by atoms with Gasteiger partial charge in [-0.25, -0.2) is 0 Å². The van der Waals surface area contributed by atoms with Gasteiger partial charge in [0.05, 0.1) is 6.54 Å². The van der Waals surface area contributed by atoms with E-state index in [0.29, 0.717) is 22.9 Å². The highest BCUT2D eigenvalue weighted by molar-refractivity contribution is 6.31. The fourth-order valence-corrected chi connectivity index (χ4v) is 5.06. The molecule has 5 rings (SSSR count). The van der Waals surface area contributed by atoms with Crippen molar-refractivity contribution < 1.29 is 9.59 Å². The molecule has 1 aliphatic carbocycles. The van der Waals surface area contributed by atoms with Crippen molar-refractivity contribution in [2.24, 2.45) is 0 Å². The fourth-order valence-electron chi connectivity index (χ4n) is 4.88. The summed E-state index contributed by atoms with van der Waals surface area (Å²) in [6.45, 7) is 2.24. The second kappa shape index (κ2) is 7.17. The molecular weight excluding hydrogens is 398 g/mol. The van der Waals surface area contributed by atoms with E-state index >= 15 is 0 Å². The van der Waals surface area contributed by atoms with Crippen LogP contribution in [0.1, 0.15) is 43.1 Å². The van der Waals surface area contributed by atoms with Crippen LogP contribution in [-0.2, 0) is 11.3 Å². The van der Waals surface area contributed by atoms with Gasteiger partial charge in [-0.1, -0.05) is 48.7 Å². The topological polar surface area (TPSA) is 54.3 Å². The molecule has 3 aromatic rings. The maximum absolute atomic E-state index is 13.7. The number of rotatable bonds is 3. The number of amides is 2. The van der Waals surface area contributed by atoms with Crippen LogP contribution in [0.4, 0.5) is 5.69 Å². The molecule has 1 aromatic heterocycles. The lowest BCUT2D eigenvalue weighted by Gasteiger charge is -2.44. The van der Waals surface area contributed by atoms with Gasteiger partial charge < -0.3 is 9.88 Å². The largest absolute Gasteiger partial charge is 0.351 e. The van der Waals surface area contributed by atoms with Crippen molar-refractivity contribution in [3.63, 3.8) is 0 Å². The molecule has 0 bridgehead atoms. The molecule has 2 amide bonds. The van der Waals surface area contributed by atoms with E-state index in [2.05, 4.69) is 5.32 Å².